The van der Waals surface area contributed by atoms with E-state index in [2.05, 4.69) is 26.7 Å². The van der Waals surface area contributed by atoms with Gasteiger partial charge in [-0.1, -0.05) is 37.1 Å². The number of pyridine rings is 2. The Bertz CT molecular complexity index is 1130. The first-order valence-corrected chi connectivity index (χ1v) is 10.5. The molecule has 7 heteroatoms. The van der Waals surface area contributed by atoms with Gasteiger partial charge in [0.15, 0.2) is 0 Å². The minimum atomic E-state index is -0.423. The summed E-state index contributed by atoms with van der Waals surface area (Å²) in [6, 6.07) is 16.7. The van der Waals surface area contributed by atoms with Crippen LogP contribution in [-0.4, -0.2) is 21.9 Å². The number of hydrogen-bond donors (Lipinski definition) is 2. The van der Waals surface area contributed by atoms with Gasteiger partial charge in [0.05, 0.1) is 29.0 Å². The van der Waals surface area contributed by atoms with Gasteiger partial charge < -0.3 is 5.32 Å². The van der Waals surface area contributed by atoms with Gasteiger partial charge in [-0.05, 0) is 42.7 Å². The maximum absolute atomic E-state index is 13.6. The van der Waals surface area contributed by atoms with E-state index in [0.717, 1.165) is 42.6 Å². The molecule has 31 heavy (non-hydrogen) atoms. The smallest absolute Gasteiger partial charge is 0.320 e. The van der Waals surface area contributed by atoms with Crippen molar-refractivity contribution in [1.82, 2.24) is 15.3 Å². The van der Waals surface area contributed by atoms with E-state index in [4.69, 9.17) is 0 Å². The number of urea groups is 1. The number of carbonyl (C=O) groups excluding carboxylic acids is 2. The molecule has 1 aliphatic carbocycles. The average molecular weight is 413 g/mol. The quantitative estimate of drug-likeness (QED) is 0.668. The van der Waals surface area contributed by atoms with E-state index in [0.29, 0.717) is 18.1 Å². The number of hydrogen-bond acceptors (Lipinski definition) is 4. The third-order valence-electron chi connectivity index (χ3n) is 6.13. The van der Waals surface area contributed by atoms with Crippen LogP contribution in [0.3, 0.4) is 0 Å². The van der Waals surface area contributed by atoms with E-state index in [1.54, 1.807) is 29.4 Å². The van der Waals surface area contributed by atoms with Crippen molar-refractivity contribution in [1.29, 1.82) is 0 Å². The lowest BCUT2D eigenvalue weighted by molar-refractivity contribution is -0.122. The Morgan fingerprint density at radius 2 is 1.81 bits per heavy atom. The second-order valence-corrected chi connectivity index (χ2v) is 7.97. The molecule has 5 rings (SSSR count). The van der Waals surface area contributed by atoms with Crippen molar-refractivity contribution in [2.75, 3.05) is 10.2 Å². The van der Waals surface area contributed by atoms with Crippen LogP contribution in [0.5, 0.6) is 0 Å². The molecule has 3 amide bonds. The third-order valence-corrected chi connectivity index (χ3v) is 6.13. The van der Waals surface area contributed by atoms with Crippen molar-refractivity contribution in [3.63, 3.8) is 0 Å². The zero-order chi connectivity index (χ0) is 21.3. The van der Waals surface area contributed by atoms with Gasteiger partial charge in [-0.2, -0.15) is 0 Å². The van der Waals surface area contributed by atoms with Crippen LogP contribution in [0.2, 0.25) is 0 Å². The van der Waals surface area contributed by atoms with E-state index in [1.807, 2.05) is 36.4 Å². The summed E-state index contributed by atoms with van der Waals surface area (Å²) in [5, 5.41) is 5.52. The number of rotatable bonds is 4. The molecule has 3 heterocycles. The van der Waals surface area contributed by atoms with Gasteiger partial charge in [0, 0.05) is 18.5 Å². The van der Waals surface area contributed by atoms with Crippen LogP contribution in [0.25, 0.3) is 0 Å². The van der Waals surface area contributed by atoms with Crippen molar-refractivity contribution in [2.24, 2.45) is 0 Å². The highest BCUT2D eigenvalue weighted by molar-refractivity contribution is 6.13. The van der Waals surface area contributed by atoms with Crippen LogP contribution in [0, 0.1) is 0 Å². The summed E-state index contributed by atoms with van der Waals surface area (Å²) in [7, 11) is 0. The zero-order valence-corrected chi connectivity index (χ0v) is 17.0. The molecule has 1 aliphatic heterocycles. The summed E-state index contributed by atoms with van der Waals surface area (Å²) in [5.74, 6) is 0.497. The van der Waals surface area contributed by atoms with Gasteiger partial charge >= 0.3 is 6.03 Å². The fraction of sp³-hybridized carbons (Fsp3) is 0.250. The normalized spacial score (nSPS) is 16.4. The zero-order valence-electron chi connectivity index (χ0n) is 17.0. The van der Waals surface area contributed by atoms with Gasteiger partial charge in [-0.3, -0.25) is 20.0 Å². The molecule has 7 nitrogen and oxygen atoms in total. The van der Waals surface area contributed by atoms with Gasteiger partial charge in [-0.15, -0.1) is 0 Å². The molecule has 0 atom stereocenters. The lowest BCUT2D eigenvalue weighted by Gasteiger charge is -2.23. The summed E-state index contributed by atoms with van der Waals surface area (Å²) < 4.78 is 0. The molecular formula is C24H23N5O2. The first-order chi connectivity index (χ1) is 15.2. The van der Waals surface area contributed by atoms with E-state index in [-0.39, 0.29) is 11.9 Å². The first kappa shape index (κ1) is 19.2. The second-order valence-electron chi connectivity index (χ2n) is 7.97. The summed E-state index contributed by atoms with van der Waals surface area (Å²) >= 11 is 0. The molecule has 0 unspecified atom stereocenters. The van der Waals surface area contributed by atoms with E-state index >= 15 is 0 Å². The number of fused-ring (bicyclic) bond motifs is 2. The number of carbonyl (C=O) groups is 2. The Balaban J connectivity index is 1.37. The molecular weight excluding hydrogens is 390 g/mol. The molecule has 156 valence electrons. The van der Waals surface area contributed by atoms with Gasteiger partial charge in [0.1, 0.15) is 5.82 Å². The fourth-order valence-electron chi connectivity index (χ4n) is 4.69. The molecule has 1 saturated carbocycles. The van der Waals surface area contributed by atoms with Crippen LogP contribution >= 0.6 is 0 Å². The van der Waals surface area contributed by atoms with Crippen molar-refractivity contribution < 1.29 is 9.59 Å². The topological polar surface area (TPSA) is 87.2 Å². The van der Waals surface area contributed by atoms with E-state index < -0.39 is 5.41 Å². The number of benzene rings is 1. The number of para-hydroxylation sites is 1. The Labute approximate surface area is 180 Å². The summed E-state index contributed by atoms with van der Waals surface area (Å²) in [5.41, 5.74) is 3.08. The summed E-state index contributed by atoms with van der Waals surface area (Å²) in [6.45, 7) is 0.312. The van der Waals surface area contributed by atoms with Crippen LogP contribution < -0.4 is 15.5 Å². The lowest BCUT2D eigenvalue weighted by atomic mass is 9.80. The molecule has 3 aromatic rings. The number of nitrogens with zero attached hydrogens (tertiary/aromatic N) is 3. The highest BCUT2D eigenvalue weighted by Crippen LogP contribution is 2.53. The van der Waals surface area contributed by atoms with Crippen LogP contribution in [0.4, 0.5) is 22.0 Å². The molecule has 0 bridgehead atoms. The summed E-state index contributed by atoms with van der Waals surface area (Å²) in [6.07, 6.45) is 7.18. The largest absolute Gasteiger partial charge is 0.332 e. The molecule has 0 saturated heterocycles. The highest BCUT2D eigenvalue weighted by atomic mass is 16.2. The SMILES string of the molecule is O=C(NCc1ccccn1)Nc1cc(N2C(=O)C3(CCCC3)c3ccccc32)ccn1. The van der Waals surface area contributed by atoms with Crippen molar-refractivity contribution >= 4 is 29.1 Å². The Hall–Kier alpha value is -3.74. The Morgan fingerprint density at radius 3 is 2.61 bits per heavy atom. The molecule has 2 N–H and O–H groups in total. The predicted molar refractivity (Wildman–Crippen MR) is 118 cm³/mol. The standard InChI is InChI=1S/C24H23N5O2/c30-22-24(11-4-5-12-24)19-8-1-2-9-20(19)29(22)18-10-14-26-21(15-18)28-23(31)27-16-17-7-3-6-13-25-17/h1-3,6-10,13-15H,4-5,11-12,16H2,(H2,26,27,28,31). The number of aromatic nitrogens is 2. The average Bonchev–Trinajstić information content (AvgIpc) is 3.38. The van der Waals surface area contributed by atoms with Gasteiger partial charge in [-0.25, -0.2) is 9.78 Å². The van der Waals surface area contributed by atoms with E-state index in [9.17, 15) is 9.59 Å². The van der Waals surface area contributed by atoms with Gasteiger partial charge in [0.25, 0.3) is 0 Å². The number of nitrogens with one attached hydrogen (secondary N) is 2. The molecule has 1 spiro atoms. The van der Waals surface area contributed by atoms with Crippen molar-refractivity contribution in [3.05, 3.63) is 78.2 Å². The van der Waals surface area contributed by atoms with Crippen LogP contribution in [-0.2, 0) is 16.8 Å². The summed E-state index contributed by atoms with van der Waals surface area (Å²) in [4.78, 5) is 36.1. The fourth-order valence-corrected chi connectivity index (χ4v) is 4.69. The highest BCUT2D eigenvalue weighted by Gasteiger charge is 2.52. The lowest BCUT2D eigenvalue weighted by Crippen LogP contribution is -2.36. The van der Waals surface area contributed by atoms with Crippen LogP contribution in [0.1, 0.15) is 36.9 Å². The third kappa shape index (κ3) is 3.42. The minimum absolute atomic E-state index is 0.114. The molecule has 1 aromatic carbocycles. The van der Waals surface area contributed by atoms with E-state index in [1.165, 1.54) is 0 Å². The Kier molecular flexibility index (Phi) is 4.86. The monoisotopic (exact) mass is 413 g/mol. The van der Waals surface area contributed by atoms with Crippen molar-refractivity contribution in [2.45, 2.75) is 37.6 Å². The molecule has 0 radical (unpaired) electrons. The molecule has 1 fully saturated rings. The van der Waals surface area contributed by atoms with Crippen molar-refractivity contribution in [3.8, 4) is 0 Å². The maximum Gasteiger partial charge on any atom is 0.320 e. The minimum Gasteiger partial charge on any atom is -0.332 e. The number of anilines is 3. The second kappa shape index (κ2) is 7.83. The first-order valence-electron chi connectivity index (χ1n) is 10.5. The van der Waals surface area contributed by atoms with Gasteiger partial charge in [0.2, 0.25) is 5.91 Å². The Morgan fingerprint density at radius 1 is 1.00 bits per heavy atom. The number of amides is 3. The maximum atomic E-state index is 13.6. The molecule has 2 aromatic heterocycles. The molecule has 2 aliphatic rings. The predicted octanol–water partition coefficient (Wildman–Crippen LogP) is 4.29. The van der Waals surface area contributed by atoms with Crippen LogP contribution in [0.15, 0.2) is 67.0 Å².